The van der Waals surface area contributed by atoms with Gasteiger partial charge in [-0.15, -0.1) is 0 Å². The van der Waals surface area contributed by atoms with Gasteiger partial charge in [-0.1, -0.05) is 66.5 Å². The Morgan fingerprint density at radius 1 is 1.00 bits per heavy atom. The molecule has 2 amide bonds. The summed E-state index contributed by atoms with van der Waals surface area (Å²) in [6.07, 6.45) is 0.673. The van der Waals surface area contributed by atoms with E-state index in [-0.39, 0.29) is 24.8 Å². The van der Waals surface area contributed by atoms with Crippen molar-refractivity contribution in [1.29, 1.82) is 0 Å². The highest BCUT2D eigenvalue weighted by Crippen LogP contribution is 2.27. The number of hydrogen-bond acceptors (Lipinski definition) is 2. The smallest absolute Gasteiger partial charge is 0.243 e. The summed E-state index contributed by atoms with van der Waals surface area (Å²) in [5.41, 5.74) is 1.12. The average Bonchev–Trinajstić information content (AvgIpc) is 2.63. The number of nitrogens with one attached hydrogen (secondary N) is 1. The Hall–Kier alpha value is -2.04. The van der Waals surface area contributed by atoms with Gasteiger partial charge in [0.2, 0.25) is 11.8 Å². The fourth-order valence-corrected chi connectivity index (χ4v) is 3.62. The van der Waals surface area contributed by atoms with Crippen LogP contribution < -0.4 is 5.32 Å². The molecule has 0 aliphatic heterocycles. The first-order chi connectivity index (χ1) is 13.6. The fraction of sp³-hybridized carbons (Fsp3) is 0.391. The van der Waals surface area contributed by atoms with Crippen molar-refractivity contribution in [2.45, 2.75) is 58.7 Å². The largest absolute Gasteiger partial charge is 0.350 e. The van der Waals surface area contributed by atoms with Crippen LogP contribution in [0, 0.1) is 0 Å². The van der Waals surface area contributed by atoms with Crippen LogP contribution >= 0.6 is 23.2 Å². The molecule has 0 aliphatic carbocycles. The van der Waals surface area contributed by atoms with E-state index in [4.69, 9.17) is 23.2 Å². The van der Waals surface area contributed by atoms with Crippen LogP contribution in [0.5, 0.6) is 0 Å². The Kier molecular flexibility index (Phi) is 8.12. The summed E-state index contributed by atoms with van der Waals surface area (Å²) in [6, 6.07) is 14.1. The van der Waals surface area contributed by atoms with Gasteiger partial charge in [0.25, 0.3) is 0 Å². The Morgan fingerprint density at radius 2 is 1.59 bits per heavy atom. The van der Waals surface area contributed by atoms with Crippen LogP contribution in [-0.2, 0) is 22.6 Å². The maximum absolute atomic E-state index is 13.3. The molecule has 156 valence electrons. The minimum absolute atomic E-state index is 0.150. The standard InChI is InChI=1S/C23H28Cl2N2O2/c1-5-20(22(29)26-23(2,3)4)27(15-17-18(24)12-9-13-19(17)25)21(28)14-16-10-7-6-8-11-16/h6-13,20H,5,14-15H2,1-4H3,(H,26,29)/t20-/m0/s1. The first kappa shape index (κ1) is 23.2. The molecule has 0 fully saturated rings. The monoisotopic (exact) mass is 434 g/mol. The Morgan fingerprint density at radius 3 is 2.10 bits per heavy atom. The second-order valence-corrected chi connectivity index (χ2v) is 8.86. The lowest BCUT2D eigenvalue weighted by Gasteiger charge is -2.33. The zero-order chi connectivity index (χ0) is 21.6. The average molecular weight is 435 g/mol. The minimum atomic E-state index is -0.627. The molecule has 0 aliphatic rings. The second kappa shape index (κ2) is 10.1. The van der Waals surface area contributed by atoms with E-state index in [2.05, 4.69) is 5.32 Å². The van der Waals surface area contributed by atoms with Crippen LogP contribution in [0.2, 0.25) is 10.0 Å². The summed E-state index contributed by atoms with van der Waals surface area (Å²) in [6.45, 7) is 7.81. The number of nitrogens with zero attached hydrogens (tertiary/aromatic N) is 1. The van der Waals surface area contributed by atoms with Crippen LogP contribution in [0.4, 0.5) is 0 Å². The molecule has 0 heterocycles. The number of carbonyl (C=O) groups is 2. The van der Waals surface area contributed by atoms with Crippen LogP contribution in [0.25, 0.3) is 0 Å². The molecule has 29 heavy (non-hydrogen) atoms. The molecule has 0 bridgehead atoms. The van der Waals surface area contributed by atoms with Crippen LogP contribution in [0.3, 0.4) is 0 Å². The molecule has 1 atom stereocenters. The Bertz CT molecular complexity index is 827. The normalized spacial score (nSPS) is 12.3. The van der Waals surface area contributed by atoms with E-state index >= 15 is 0 Å². The third kappa shape index (κ3) is 6.76. The Labute approximate surface area is 183 Å². The topological polar surface area (TPSA) is 49.4 Å². The van der Waals surface area contributed by atoms with Gasteiger partial charge in [0.15, 0.2) is 0 Å². The highest BCUT2D eigenvalue weighted by Gasteiger charge is 2.31. The minimum Gasteiger partial charge on any atom is -0.350 e. The number of carbonyl (C=O) groups excluding carboxylic acids is 2. The predicted octanol–water partition coefficient (Wildman–Crippen LogP) is 5.26. The van der Waals surface area contributed by atoms with Crippen molar-refractivity contribution < 1.29 is 9.59 Å². The van der Waals surface area contributed by atoms with Gasteiger partial charge >= 0.3 is 0 Å². The van der Waals surface area contributed by atoms with E-state index < -0.39 is 11.6 Å². The molecule has 0 aromatic heterocycles. The fourth-order valence-electron chi connectivity index (χ4n) is 3.10. The quantitative estimate of drug-likeness (QED) is 0.645. The third-order valence-corrected chi connectivity index (χ3v) is 5.18. The third-order valence-electron chi connectivity index (χ3n) is 4.47. The van der Waals surface area contributed by atoms with E-state index in [0.29, 0.717) is 22.0 Å². The number of benzene rings is 2. The molecule has 6 heteroatoms. The van der Waals surface area contributed by atoms with Gasteiger partial charge in [0.1, 0.15) is 6.04 Å². The van der Waals surface area contributed by atoms with Crippen molar-refractivity contribution >= 4 is 35.0 Å². The van der Waals surface area contributed by atoms with Gasteiger partial charge in [0.05, 0.1) is 6.42 Å². The van der Waals surface area contributed by atoms with Crippen molar-refractivity contribution in [2.75, 3.05) is 0 Å². The van der Waals surface area contributed by atoms with Gasteiger partial charge in [0, 0.05) is 27.7 Å². The van der Waals surface area contributed by atoms with Crippen molar-refractivity contribution in [3.05, 3.63) is 69.7 Å². The van der Waals surface area contributed by atoms with Crippen LogP contribution in [0.1, 0.15) is 45.2 Å². The van der Waals surface area contributed by atoms with Gasteiger partial charge in [-0.3, -0.25) is 9.59 Å². The van der Waals surface area contributed by atoms with Crippen molar-refractivity contribution in [3.63, 3.8) is 0 Å². The van der Waals surface area contributed by atoms with Crippen LogP contribution in [0.15, 0.2) is 48.5 Å². The second-order valence-electron chi connectivity index (χ2n) is 8.05. The molecule has 0 saturated heterocycles. The molecule has 0 radical (unpaired) electrons. The number of rotatable bonds is 7. The highest BCUT2D eigenvalue weighted by molar-refractivity contribution is 6.36. The van der Waals surface area contributed by atoms with E-state index in [1.165, 1.54) is 0 Å². The summed E-state index contributed by atoms with van der Waals surface area (Å²) < 4.78 is 0. The van der Waals surface area contributed by atoms with Gasteiger partial charge in [-0.05, 0) is 44.9 Å². The highest BCUT2D eigenvalue weighted by atomic mass is 35.5. The van der Waals surface area contributed by atoms with Crippen molar-refractivity contribution in [1.82, 2.24) is 10.2 Å². The number of halogens is 2. The SMILES string of the molecule is CC[C@@H](C(=O)NC(C)(C)C)N(Cc1c(Cl)cccc1Cl)C(=O)Cc1ccccc1. The number of hydrogen-bond donors (Lipinski definition) is 1. The molecule has 0 unspecified atom stereocenters. The molecule has 2 aromatic rings. The number of amides is 2. The van der Waals surface area contributed by atoms with Crippen LogP contribution in [-0.4, -0.2) is 28.3 Å². The predicted molar refractivity (Wildman–Crippen MR) is 119 cm³/mol. The maximum atomic E-state index is 13.3. The maximum Gasteiger partial charge on any atom is 0.243 e. The lowest BCUT2D eigenvalue weighted by molar-refractivity contribution is -0.141. The molecule has 4 nitrogen and oxygen atoms in total. The molecule has 1 N–H and O–H groups in total. The summed E-state index contributed by atoms with van der Waals surface area (Å²) >= 11 is 12.7. The van der Waals surface area contributed by atoms with E-state index in [1.54, 1.807) is 23.1 Å². The molecular formula is C23H28Cl2N2O2. The summed E-state index contributed by atoms with van der Waals surface area (Å²) in [7, 11) is 0. The zero-order valence-corrected chi connectivity index (χ0v) is 18.8. The van der Waals surface area contributed by atoms with Gasteiger partial charge in [-0.2, -0.15) is 0 Å². The molecule has 0 saturated carbocycles. The zero-order valence-electron chi connectivity index (χ0n) is 17.3. The van der Waals surface area contributed by atoms with Gasteiger partial charge < -0.3 is 10.2 Å². The summed E-state index contributed by atoms with van der Waals surface area (Å²) in [4.78, 5) is 27.8. The molecule has 2 aromatic carbocycles. The van der Waals surface area contributed by atoms with E-state index in [9.17, 15) is 9.59 Å². The Balaban J connectivity index is 2.37. The molecule has 2 rings (SSSR count). The summed E-state index contributed by atoms with van der Waals surface area (Å²) in [5, 5.41) is 3.93. The molecule has 0 spiro atoms. The van der Waals surface area contributed by atoms with E-state index in [1.807, 2.05) is 58.0 Å². The lowest BCUT2D eigenvalue weighted by atomic mass is 10.0. The first-order valence-electron chi connectivity index (χ1n) is 9.70. The van der Waals surface area contributed by atoms with Crippen molar-refractivity contribution in [3.8, 4) is 0 Å². The van der Waals surface area contributed by atoms with Crippen molar-refractivity contribution in [2.24, 2.45) is 0 Å². The van der Waals surface area contributed by atoms with E-state index in [0.717, 1.165) is 5.56 Å². The summed E-state index contributed by atoms with van der Waals surface area (Å²) in [5.74, 6) is -0.340. The molecular weight excluding hydrogens is 407 g/mol. The lowest BCUT2D eigenvalue weighted by Crippen LogP contribution is -2.53. The van der Waals surface area contributed by atoms with Gasteiger partial charge in [-0.25, -0.2) is 0 Å². The first-order valence-corrected chi connectivity index (χ1v) is 10.5.